The molecule has 2 aromatic rings. The SMILES string of the molecule is CC(C)(C)Cc1cc(C#N)ccn1.N#Cc1ccnc(Cl)c1.[CH2-]C(C)(C)C.[Cl][Zn+]. The molecule has 2 heterocycles. The first-order chi connectivity index (χ1) is 13.3. The number of nitriles is 2. The first-order valence-corrected chi connectivity index (χ1v) is 13.1. The van der Waals surface area contributed by atoms with Crippen molar-refractivity contribution in [3.8, 4) is 12.1 Å². The molecular formula is C22H28Cl2N4Zn. The van der Waals surface area contributed by atoms with Crippen LogP contribution in [0.3, 0.4) is 0 Å². The molecule has 0 radical (unpaired) electrons. The molecule has 0 bridgehead atoms. The van der Waals surface area contributed by atoms with Crippen molar-refractivity contribution in [1.29, 1.82) is 10.5 Å². The Hall–Kier alpha value is -1.52. The van der Waals surface area contributed by atoms with Crippen molar-refractivity contribution >= 4 is 21.3 Å². The second kappa shape index (κ2) is 15.3. The average molecular weight is 485 g/mol. The molecule has 4 nitrogen and oxygen atoms in total. The Bertz CT molecular complexity index is 792. The van der Waals surface area contributed by atoms with Crippen LogP contribution in [0.1, 0.15) is 58.4 Å². The van der Waals surface area contributed by atoms with E-state index in [0.29, 0.717) is 16.3 Å². The summed E-state index contributed by atoms with van der Waals surface area (Å²) in [6.45, 7) is 16.5. The number of hydrogen-bond donors (Lipinski definition) is 0. The van der Waals surface area contributed by atoms with E-state index in [1.54, 1.807) is 18.3 Å². The van der Waals surface area contributed by atoms with Gasteiger partial charge in [0.25, 0.3) is 0 Å². The minimum absolute atomic E-state index is 0.223. The first-order valence-electron chi connectivity index (χ1n) is 8.83. The number of aromatic nitrogens is 2. The zero-order valence-corrected chi connectivity index (χ0v) is 22.6. The molecule has 0 unspecified atom stereocenters. The standard InChI is InChI=1S/C11H14N2.C6H3ClN2.C5H11.ClH.Zn/c1-11(2,3)7-10-6-9(8-12)4-5-13-10;7-6-3-5(4-8)1-2-9-6;1-5(2,3)4;;/h4-6H,7H2,1-3H3;1-3H;1H2,2-4H3;1H;/q;;-1;;+2/p-1. The van der Waals surface area contributed by atoms with Crippen LogP contribution in [0, 0.1) is 40.4 Å². The molecule has 29 heavy (non-hydrogen) atoms. The third-order valence-corrected chi connectivity index (χ3v) is 2.72. The fraction of sp³-hybridized carbons (Fsp3) is 0.409. The molecule has 0 N–H and O–H groups in total. The van der Waals surface area contributed by atoms with E-state index in [4.69, 9.17) is 31.8 Å². The van der Waals surface area contributed by atoms with Crippen LogP contribution in [0.25, 0.3) is 0 Å². The third kappa shape index (κ3) is 21.0. The summed E-state index contributed by atoms with van der Waals surface area (Å²) in [6.07, 6.45) is 4.10. The van der Waals surface area contributed by atoms with E-state index < -0.39 is 0 Å². The molecule has 7 heteroatoms. The van der Waals surface area contributed by atoms with Crippen LogP contribution in [0.5, 0.6) is 0 Å². The Labute approximate surface area is 195 Å². The van der Waals surface area contributed by atoms with Gasteiger partial charge in [-0.05, 0) is 36.1 Å². The van der Waals surface area contributed by atoms with Crippen LogP contribution in [0.15, 0.2) is 36.7 Å². The molecule has 2 rings (SSSR count). The minimum atomic E-state index is 0.223. The fourth-order valence-electron chi connectivity index (χ4n) is 1.66. The van der Waals surface area contributed by atoms with E-state index in [1.165, 1.54) is 12.3 Å². The Balaban J connectivity index is 0. The van der Waals surface area contributed by atoms with Gasteiger partial charge in [0.15, 0.2) is 0 Å². The van der Waals surface area contributed by atoms with Crippen molar-refractivity contribution in [1.82, 2.24) is 9.97 Å². The first kappa shape index (κ1) is 29.7. The molecule has 0 aliphatic carbocycles. The van der Waals surface area contributed by atoms with Gasteiger partial charge in [0.1, 0.15) is 5.15 Å². The normalized spacial score (nSPS) is 9.83. The zero-order chi connectivity index (χ0) is 23.1. The molecule has 0 saturated heterocycles. The Morgan fingerprint density at radius 2 is 1.34 bits per heavy atom. The van der Waals surface area contributed by atoms with E-state index in [-0.39, 0.29) is 10.8 Å². The summed E-state index contributed by atoms with van der Waals surface area (Å²) in [6, 6.07) is 10.8. The van der Waals surface area contributed by atoms with Crippen molar-refractivity contribution in [2.75, 3.05) is 0 Å². The van der Waals surface area contributed by atoms with Gasteiger partial charge in [0.2, 0.25) is 0 Å². The molecule has 0 saturated carbocycles. The molecule has 152 valence electrons. The third-order valence-electron chi connectivity index (χ3n) is 2.51. The van der Waals surface area contributed by atoms with Crippen LogP contribution in [0.4, 0.5) is 0 Å². The molecule has 2 aromatic heterocycles. The number of pyridine rings is 2. The van der Waals surface area contributed by atoms with Crippen molar-refractivity contribution in [2.45, 2.75) is 48.0 Å². The summed E-state index contributed by atoms with van der Waals surface area (Å²) in [5, 5.41) is 17.4. The van der Waals surface area contributed by atoms with Crippen molar-refractivity contribution in [2.24, 2.45) is 10.8 Å². The van der Waals surface area contributed by atoms with Gasteiger partial charge in [-0.2, -0.15) is 15.9 Å². The molecule has 0 spiro atoms. The Kier molecular flexibility index (Phi) is 15.7. The zero-order valence-electron chi connectivity index (χ0n) is 18.1. The summed E-state index contributed by atoms with van der Waals surface area (Å²) in [4.78, 5) is 7.92. The van der Waals surface area contributed by atoms with E-state index in [1.807, 2.05) is 12.1 Å². The number of halogens is 2. The molecule has 0 aliphatic rings. The molecule has 0 aromatic carbocycles. The topological polar surface area (TPSA) is 73.4 Å². The van der Waals surface area contributed by atoms with Gasteiger partial charge in [-0.1, -0.05) is 53.1 Å². The van der Waals surface area contributed by atoms with E-state index in [0.717, 1.165) is 29.4 Å². The van der Waals surface area contributed by atoms with Gasteiger partial charge in [0, 0.05) is 18.1 Å². The maximum absolute atomic E-state index is 8.68. The number of nitrogens with zero attached hydrogens (tertiary/aromatic N) is 4. The van der Waals surface area contributed by atoms with E-state index >= 15 is 0 Å². The van der Waals surface area contributed by atoms with Crippen LogP contribution < -0.4 is 0 Å². The summed E-state index contributed by atoms with van der Waals surface area (Å²) in [5.74, 6) is 0. The van der Waals surface area contributed by atoms with Crippen molar-refractivity contribution in [3.63, 3.8) is 0 Å². The maximum atomic E-state index is 8.68. The summed E-state index contributed by atoms with van der Waals surface area (Å²) in [7, 11) is 4.76. The van der Waals surface area contributed by atoms with Gasteiger partial charge in [-0.25, -0.2) is 4.98 Å². The molecule has 0 amide bonds. The van der Waals surface area contributed by atoms with Crippen LogP contribution in [-0.2, 0) is 23.7 Å². The van der Waals surface area contributed by atoms with Gasteiger partial charge in [0.05, 0.1) is 23.3 Å². The van der Waals surface area contributed by atoms with E-state index in [2.05, 4.69) is 64.5 Å². The second-order valence-corrected chi connectivity index (χ2v) is 8.81. The number of hydrogen-bond acceptors (Lipinski definition) is 4. The van der Waals surface area contributed by atoms with Gasteiger partial charge in [-0.15, -0.1) is 0 Å². The second-order valence-electron chi connectivity index (χ2n) is 8.42. The molecule has 0 fully saturated rings. The fourth-order valence-corrected chi connectivity index (χ4v) is 1.83. The van der Waals surface area contributed by atoms with Gasteiger partial charge >= 0.3 is 27.0 Å². The van der Waals surface area contributed by atoms with Gasteiger partial charge in [-0.3, -0.25) is 4.98 Å². The predicted molar refractivity (Wildman–Crippen MR) is 117 cm³/mol. The van der Waals surface area contributed by atoms with Crippen LogP contribution in [0.2, 0.25) is 5.15 Å². The molecule has 0 aliphatic heterocycles. The van der Waals surface area contributed by atoms with Crippen LogP contribution >= 0.6 is 21.3 Å². The number of rotatable bonds is 1. The molecular weight excluding hydrogens is 457 g/mol. The Morgan fingerprint density at radius 1 is 0.931 bits per heavy atom. The summed E-state index contributed by atoms with van der Waals surface area (Å²) < 4.78 is 0. The van der Waals surface area contributed by atoms with Crippen molar-refractivity contribution in [3.05, 3.63) is 65.6 Å². The van der Waals surface area contributed by atoms with Crippen LogP contribution in [-0.4, -0.2) is 9.97 Å². The Morgan fingerprint density at radius 3 is 1.69 bits per heavy atom. The monoisotopic (exact) mass is 482 g/mol. The average Bonchev–Trinajstić information content (AvgIpc) is 2.61. The summed E-state index contributed by atoms with van der Waals surface area (Å²) >= 11 is 6.31. The molecule has 0 atom stereocenters. The summed E-state index contributed by atoms with van der Waals surface area (Å²) in [5.41, 5.74) is 2.69. The van der Waals surface area contributed by atoms with Gasteiger partial charge < -0.3 is 6.92 Å². The van der Waals surface area contributed by atoms with E-state index in [9.17, 15) is 0 Å². The quantitative estimate of drug-likeness (QED) is 0.256. The van der Waals surface area contributed by atoms with Crippen molar-refractivity contribution < 1.29 is 17.3 Å². The predicted octanol–water partition coefficient (Wildman–Crippen LogP) is 6.70.